The number of amides is 1. The average Bonchev–Trinajstić information content (AvgIpc) is 2.50. The fourth-order valence-corrected chi connectivity index (χ4v) is 2.20. The zero-order valence-corrected chi connectivity index (χ0v) is 13.7. The van der Waals surface area contributed by atoms with Crippen LogP contribution >= 0.6 is 27.5 Å². The summed E-state index contributed by atoms with van der Waals surface area (Å²) in [5, 5.41) is 2.34. The predicted octanol–water partition coefficient (Wildman–Crippen LogP) is 4.18. The highest BCUT2D eigenvalue weighted by molar-refractivity contribution is 9.10. The normalized spacial score (nSPS) is 10.3. The van der Waals surface area contributed by atoms with Crippen molar-refractivity contribution in [2.24, 2.45) is 0 Å². The van der Waals surface area contributed by atoms with E-state index in [0.717, 1.165) is 12.1 Å². The van der Waals surface area contributed by atoms with Gasteiger partial charge in [0.1, 0.15) is 11.6 Å². The van der Waals surface area contributed by atoms with Crippen LogP contribution in [-0.2, 0) is 9.53 Å². The fourth-order valence-electron chi connectivity index (χ4n) is 1.64. The molecule has 0 heterocycles. The highest BCUT2D eigenvalue weighted by Crippen LogP contribution is 2.21. The third-order valence-electron chi connectivity index (χ3n) is 2.69. The van der Waals surface area contributed by atoms with E-state index in [9.17, 15) is 18.4 Å². The van der Waals surface area contributed by atoms with E-state index in [2.05, 4.69) is 21.2 Å². The van der Waals surface area contributed by atoms with E-state index in [1.165, 1.54) is 12.1 Å². The Hall–Kier alpha value is -1.99. The molecule has 0 aromatic heterocycles. The molecule has 0 radical (unpaired) electrons. The Kier molecular flexibility index (Phi) is 5.68. The van der Waals surface area contributed by atoms with Gasteiger partial charge in [-0.3, -0.25) is 4.79 Å². The smallest absolute Gasteiger partial charge is 0.340 e. The number of anilines is 1. The summed E-state index contributed by atoms with van der Waals surface area (Å²) in [5.74, 6) is -3.27. The van der Waals surface area contributed by atoms with Crippen molar-refractivity contribution in [3.63, 3.8) is 0 Å². The van der Waals surface area contributed by atoms with Crippen molar-refractivity contribution < 1.29 is 23.1 Å². The molecule has 0 aliphatic rings. The molecule has 4 nitrogen and oxygen atoms in total. The molecule has 120 valence electrons. The van der Waals surface area contributed by atoms with Gasteiger partial charge in [0.2, 0.25) is 0 Å². The van der Waals surface area contributed by atoms with E-state index in [4.69, 9.17) is 16.3 Å². The van der Waals surface area contributed by atoms with Crippen molar-refractivity contribution in [3.8, 4) is 0 Å². The molecular weight excluding hydrogens is 396 g/mol. The van der Waals surface area contributed by atoms with Gasteiger partial charge in [-0.05, 0) is 30.3 Å². The van der Waals surface area contributed by atoms with Gasteiger partial charge in [-0.2, -0.15) is 0 Å². The first-order valence-electron chi connectivity index (χ1n) is 6.24. The molecule has 0 aliphatic heterocycles. The molecule has 0 fully saturated rings. The molecule has 1 amide bonds. The maximum atomic E-state index is 13.4. The van der Waals surface area contributed by atoms with Crippen LogP contribution in [0.4, 0.5) is 14.5 Å². The minimum atomic E-state index is -0.931. The quantitative estimate of drug-likeness (QED) is 0.778. The molecule has 0 saturated carbocycles. The zero-order valence-electron chi connectivity index (χ0n) is 11.4. The standard InChI is InChI=1S/C15H9BrClF2NO3/c16-8-1-3-11(17)10(5-8)15(22)23-7-14(21)20-13-4-2-9(18)6-12(13)19/h1-6H,7H2,(H,20,21). The molecule has 2 aromatic rings. The molecule has 0 bridgehead atoms. The molecule has 0 unspecified atom stereocenters. The Labute approximate surface area is 143 Å². The minimum Gasteiger partial charge on any atom is -0.452 e. The lowest BCUT2D eigenvalue weighted by atomic mass is 10.2. The second kappa shape index (κ2) is 7.52. The van der Waals surface area contributed by atoms with E-state index in [-0.39, 0.29) is 16.3 Å². The van der Waals surface area contributed by atoms with Crippen LogP contribution in [0.1, 0.15) is 10.4 Å². The van der Waals surface area contributed by atoms with Crippen LogP contribution in [-0.4, -0.2) is 18.5 Å². The van der Waals surface area contributed by atoms with E-state index in [0.29, 0.717) is 10.5 Å². The summed E-state index contributed by atoms with van der Waals surface area (Å²) in [6.07, 6.45) is 0. The van der Waals surface area contributed by atoms with Gasteiger partial charge in [-0.1, -0.05) is 27.5 Å². The maximum absolute atomic E-state index is 13.4. The Morgan fingerprint density at radius 3 is 2.61 bits per heavy atom. The van der Waals surface area contributed by atoms with E-state index in [1.54, 1.807) is 6.07 Å². The second-order valence-electron chi connectivity index (χ2n) is 4.37. The molecule has 23 heavy (non-hydrogen) atoms. The zero-order chi connectivity index (χ0) is 17.0. The van der Waals surface area contributed by atoms with E-state index in [1.807, 2.05) is 0 Å². The summed E-state index contributed by atoms with van der Waals surface area (Å²) in [6.45, 7) is -0.640. The SMILES string of the molecule is O=C(COC(=O)c1cc(Br)ccc1Cl)Nc1ccc(F)cc1F. The van der Waals surface area contributed by atoms with Crippen LogP contribution in [0.15, 0.2) is 40.9 Å². The number of carbonyl (C=O) groups excluding carboxylic acids is 2. The molecule has 0 atom stereocenters. The highest BCUT2D eigenvalue weighted by Gasteiger charge is 2.15. The van der Waals surface area contributed by atoms with Crippen LogP contribution in [0.25, 0.3) is 0 Å². The first-order valence-corrected chi connectivity index (χ1v) is 7.41. The van der Waals surface area contributed by atoms with Crippen molar-refractivity contribution in [2.75, 3.05) is 11.9 Å². The van der Waals surface area contributed by atoms with E-state index < -0.39 is 30.1 Å². The molecular formula is C15H9BrClF2NO3. The predicted molar refractivity (Wildman–Crippen MR) is 84.4 cm³/mol. The van der Waals surface area contributed by atoms with Crippen molar-refractivity contribution in [3.05, 3.63) is 63.1 Å². The molecule has 0 saturated heterocycles. The Morgan fingerprint density at radius 2 is 1.91 bits per heavy atom. The Bertz CT molecular complexity index is 770. The molecule has 0 spiro atoms. The summed E-state index contributed by atoms with van der Waals surface area (Å²) in [7, 11) is 0. The van der Waals surface area contributed by atoms with Crippen molar-refractivity contribution >= 4 is 45.1 Å². The fraction of sp³-hybridized carbons (Fsp3) is 0.0667. The largest absolute Gasteiger partial charge is 0.452 e. The summed E-state index contributed by atoms with van der Waals surface area (Å²) in [5.41, 5.74) is -0.130. The van der Waals surface area contributed by atoms with Crippen molar-refractivity contribution in [2.45, 2.75) is 0 Å². The summed E-state index contributed by atoms with van der Waals surface area (Å²) in [4.78, 5) is 23.5. The van der Waals surface area contributed by atoms with Gasteiger partial charge in [-0.15, -0.1) is 0 Å². The Morgan fingerprint density at radius 1 is 1.17 bits per heavy atom. The van der Waals surface area contributed by atoms with Gasteiger partial charge in [-0.25, -0.2) is 13.6 Å². The number of benzene rings is 2. The summed E-state index contributed by atoms with van der Waals surface area (Å²) < 4.78 is 31.6. The topological polar surface area (TPSA) is 55.4 Å². The molecule has 8 heteroatoms. The summed E-state index contributed by atoms with van der Waals surface area (Å²) in [6, 6.07) is 7.27. The monoisotopic (exact) mass is 403 g/mol. The van der Waals surface area contributed by atoms with Crippen LogP contribution in [0, 0.1) is 11.6 Å². The number of hydrogen-bond donors (Lipinski definition) is 1. The van der Waals surface area contributed by atoms with Crippen LogP contribution < -0.4 is 5.32 Å². The third kappa shape index (κ3) is 4.74. The number of hydrogen-bond acceptors (Lipinski definition) is 3. The first kappa shape index (κ1) is 17.4. The number of esters is 1. The van der Waals surface area contributed by atoms with Gasteiger partial charge < -0.3 is 10.1 Å². The van der Waals surface area contributed by atoms with Crippen LogP contribution in [0.2, 0.25) is 5.02 Å². The number of halogens is 4. The van der Waals surface area contributed by atoms with Gasteiger partial charge in [0, 0.05) is 10.5 Å². The lowest BCUT2D eigenvalue weighted by Crippen LogP contribution is -2.21. The maximum Gasteiger partial charge on any atom is 0.340 e. The second-order valence-corrected chi connectivity index (χ2v) is 5.70. The van der Waals surface area contributed by atoms with Gasteiger partial charge in [0.05, 0.1) is 16.3 Å². The average molecular weight is 405 g/mol. The van der Waals surface area contributed by atoms with Gasteiger partial charge >= 0.3 is 5.97 Å². The molecule has 0 aliphatic carbocycles. The Balaban J connectivity index is 1.96. The van der Waals surface area contributed by atoms with Gasteiger partial charge in [0.15, 0.2) is 6.61 Å². The number of carbonyl (C=O) groups is 2. The third-order valence-corrected chi connectivity index (χ3v) is 3.51. The number of ether oxygens (including phenoxy) is 1. The van der Waals surface area contributed by atoms with Gasteiger partial charge in [0.25, 0.3) is 5.91 Å². The number of nitrogens with one attached hydrogen (secondary N) is 1. The highest BCUT2D eigenvalue weighted by atomic mass is 79.9. The summed E-state index contributed by atoms with van der Waals surface area (Å²) >= 11 is 9.05. The molecule has 2 aromatic carbocycles. The van der Waals surface area contributed by atoms with Crippen LogP contribution in [0.5, 0.6) is 0 Å². The minimum absolute atomic E-state index is 0.0850. The lowest BCUT2D eigenvalue weighted by molar-refractivity contribution is -0.119. The van der Waals surface area contributed by atoms with Crippen molar-refractivity contribution in [1.29, 1.82) is 0 Å². The van der Waals surface area contributed by atoms with Crippen LogP contribution in [0.3, 0.4) is 0 Å². The number of rotatable bonds is 4. The first-order chi connectivity index (χ1) is 10.9. The molecule has 2 rings (SSSR count). The van der Waals surface area contributed by atoms with E-state index >= 15 is 0 Å². The van der Waals surface area contributed by atoms with Crippen molar-refractivity contribution in [1.82, 2.24) is 0 Å². The molecule has 1 N–H and O–H groups in total. The lowest BCUT2D eigenvalue weighted by Gasteiger charge is -2.08.